The quantitative estimate of drug-likeness (QED) is 0.265. The molecule has 0 aliphatic carbocycles. The van der Waals surface area contributed by atoms with Gasteiger partial charge in [-0.15, -0.1) is 5.10 Å². The average Bonchev–Trinajstić information content (AvgIpc) is 3.73. The van der Waals surface area contributed by atoms with Gasteiger partial charge in [0, 0.05) is 29.6 Å². The van der Waals surface area contributed by atoms with Crippen molar-refractivity contribution in [2.24, 2.45) is 0 Å². The summed E-state index contributed by atoms with van der Waals surface area (Å²) in [6.45, 7) is 2.70. The van der Waals surface area contributed by atoms with Crippen molar-refractivity contribution in [1.29, 1.82) is 0 Å². The SMILES string of the molecule is COc1ccc(CN2CCOc3c(Nc4cccc(-c5ccc(C6OCCO6)cn5)c4)nn4c(C(=O)O)cnc4c32)cc1. The monoisotopic (exact) mass is 580 g/mol. The van der Waals surface area contributed by atoms with Crippen LogP contribution in [0.25, 0.3) is 16.9 Å². The summed E-state index contributed by atoms with van der Waals surface area (Å²) in [7, 11) is 1.63. The van der Waals surface area contributed by atoms with Crippen LogP contribution in [-0.2, 0) is 16.0 Å². The zero-order chi connectivity index (χ0) is 29.3. The van der Waals surface area contributed by atoms with Crippen LogP contribution in [0.1, 0.15) is 27.9 Å². The number of aromatic carboxylic acids is 1. The van der Waals surface area contributed by atoms with Crippen molar-refractivity contribution in [2.45, 2.75) is 12.8 Å². The van der Waals surface area contributed by atoms with Crippen molar-refractivity contribution in [2.75, 3.05) is 43.7 Å². The summed E-state index contributed by atoms with van der Waals surface area (Å²) in [5, 5.41) is 17.9. The molecule has 2 aliphatic heterocycles. The number of carboxylic acid groups (broad SMARTS) is 1. The molecule has 0 saturated carbocycles. The maximum absolute atomic E-state index is 12.1. The molecule has 2 aliphatic rings. The highest BCUT2D eigenvalue weighted by molar-refractivity contribution is 5.90. The lowest BCUT2D eigenvalue weighted by molar-refractivity contribution is -0.0443. The second-order valence-electron chi connectivity index (χ2n) is 10.1. The van der Waals surface area contributed by atoms with Crippen LogP contribution in [0.15, 0.2) is 73.1 Å². The minimum atomic E-state index is -1.13. The van der Waals surface area contributed by atoms with Crippen molar-refractivity contribution in [3.63, 3.8) is 0 Å². The fraction of sp³-hybridized carbons (Fsp3) is 0.226. The van der Waals surface area contributed by atoms with Gasteiger partial charge >= 0.3 is 5.97 Å². The van der Waals surface area contributed by atoms with Gasteiger partial charge in [-0.2, -0.15) is 0 Å². The van der Waals surface area contributed by atoms with Crippen molar-refractivity contribution >= 4 is 28.8 Å². The fourth-order valence-corrected chi connectivity index (χ4v) is 5.26. The summed E-state index contributed by atoms with van der Waals surface area (Å²) in [4.78, 5) is 23.2. The molecule has 12 nitrogen and oxygen atoms in total. The summed E-state index contributed by atoms with van der Waals surface area (Å²) < 4.78 is 23.9. The summed E-state index contributed by atoms with van der Waals surface area (Å²) >= 11 is 0. The lowest BCUT2D eigenvalue weighted by Crippen LogP contribution is -2.33. The molecule has 12 heteroatoms. The molecule has 5 aromatic rings. The number of anilines is 3. The summed E-state index contributed by atoms with van der Waals surface area (Å²) in [6, 6.07) is 19.4. The number of hydrogen-bond donors (Lipinski definition) is 2. The Kier molecular flexibility index (Phi) is 6.97. The van der Waals surface area contributed by atoms with Crippen LogP contribution < -0.4 is 19.7 Å². The maximum atomic E-state index is 12.1. The van der Waals surface area contributed by atoms with Gasteiger partial charge in [0.2, 0.25) is 0 Å². The fourth-order valence-electron chi connectivity index (χ4n) is 5.26. The molecule has 1 fully saturated rings. The van der Waals surface area contributed by atoms with Gasteiger partial charge in [0.15, 0.2) is 29.2 Å². The van der Waals surface area contributed by atoms with Gasteiger partial charge in [0.05, 0.1) is 38.8 Å². The van der Waals surface area contributed by atoms with Crippen LogP contribution in [0.3, 0.4) is 0 Å². The number of nitrogens with one attached hydrogen (secondary N) is 1. The van der Waals surface area contributed by atoms with Gasteiger partial charge < -0.3 is 34.3 Å². The number of pyridine rings is 1. The summed E-state index contributed by atoms with van der Waals surface area (Å²) in [5.74, 6) is 0.515. The standard InChI is InChI=1S/C31H28N6O6/c1-40-23-8-5-19(6-9-23)18-36-11-12-41-27-26(36)29-33-17-25(30(38)39)37(29)35-28(27)34-22-4-2-3-20(15-22)24-10-7-21(16-32-24)31-42-13-14-43-31/h2-10,15-17,31H,11-14,18H2,1H3,(H,34,35)(H,38,39). The normalized spacial score (nSPS) is 14.9. The van der Waals surface area contributed by atoms with Gasteiger partial charge in [-0.1, -0.05) is 30.3 Å². The van der Waals surface area contributed by atoms with Gasteiger partial charge in [-0.3, -0.25) is 4.98 Å². The molecule has 218 valence electrons. The molecular formula is C31H28N6O6. The van der Waals surface area contributed by atoms with E-state index in [0.29, 0.717) is 55.8 Å². The molecule has 7 rings (SSSR count). The first kappa shape index (κ1) is 26.7. The Bertz CT molecular complexity index is 1780. The van der Waals surface area contributed by atoms with Crippen molar-refractivity contribution in [3.8, 4) is 22.8 Å². The molecule has 2 aromatic carbocycles. The van der Waals surface area contributed by atoms with E-state index >= 15 is 0 Å². The number of fused-ring (bicyclic) bond motifs is 3. The average molecular weight is 581 g/mol. The Balaban J connectivity index is 1.24. The summed E-state index contributed by atoms with van der Waals surface area (Å²) in [5.41, 5.74) is 5.33. The minimum absolute atomic E-state index is 0.0518. The number of carboxylic acids is 1. The number of imidazole rings is 1. The Morgan fingerprint density at radius 3 is 2.63 bits per heavy atom. The van der Waals surface area contributed by atoms with Crippen molar-refractivity contribution < 1.29 is 28.8 Å². The molecule has 5 heterocycles. The van der Waals surface area contributed by atoms with E-state index in [4.69, 9.17) is 18.9 Å². The second-order valence-corrected chi connectivity index (χ2v) is 10.1. The van der Waals surface area contributed by atoms with E-state index in [2.05, 4.69) is 25.3 Å². The van der Waals surface area contributed by atoms with Gasteiger partial charge in [-0.25, -0.2) is 14.3 Å². The third-order valence-corrected chi connectivity index (χ3v) is 7.36. The second kappa shape index (κ2) is 11.2. The highest BCUT2D eigenvalue weighted by Crippen LogP contribution is 2.42. The van der Waals surface area contributed by atoms with Crippen molar-refractivity contribution in [1.82, 2.24) is 19.6 Å². The highest BCUT2D eigenvalue weighted by atomic mass is 16.7. The largest absolute Gasteiger partial charge is 0.497 e. The molecule has 0 spiro atoms. The number of nitrogens with zero attached hydrogens (tertiary/aromatic N) is 5. The van der Waals surface area contributed by atoms with Gasteiger partial charge in [0.1, 0.15) is 18.0 Å². The molecule has 0 atom stereocenters. The van der Waals surface area contributed by atoms with E-state index in [1.165, 1.54) is 10.7 Å². The summed E-state index contributed by atoms with van der Waals surface area (Å²) in [6.07, 6.45) is 2.69. The van der Waals surface area contributed by atoms with Crippen LogP contribution in [0, 0.1) is 0 Å². The van der Waals surface area contributed by atoms with Crippen LogP contribution >= 0.6 is 0 Å². The first-order valence-corrected chi connectivity index (χ1v) is 13.8. The van der Waals surface area contributed by atoms with Crippen LogP contribution in [0.2, 0.25) is 0 Å². The molecule has 2 N–H and O–H groups in total. The van der Waals surface area contributed by atoms with E-state index in [-0.39, 0.29) is 12.0 Å². The number of methoxy groups -OCH3 is 1. The molecule has 1 saturated heterocycles. The number of benzene rings is 2. The lowest BCUT2D eigenvalue weighted by Gasteiger charge is -2.32. The highest BCUT2D eigenvalue weighted by Gasteiger charge is 2.29. The van der Waals surface area contributed by atoms with Crippen molar-refractivity contribution in [3.05, 3.63) is 89.9 Å². The Morgan fingerprint density at radius 2 is 1.88 bits per heavy atom. The topological polar surface area (TPSA) is 133 Å². The zero-order valence-corrected chi connectivity index (χ0v) is 23.3. The maximum Gasteiger partial charge on any atom is 0.356 e. The minimum Gasteiger partial charge on any atom is -0.497 e. The molecule has 0 amide bonds. The third kappa shape index (κ3) is 5.17. The first-order valence-electron chi connectivity index (χ1n) is 13.8. The Morgan fingerprint density at radius 1 is 1.05 bits per heavy atom. The Labute approximate surface area is 246 Å². The van der Waals surface area contributed by atoms with Gasteiger partial charge in [0.25, 0.3) is 0 Å². The number of ether oxygens (including phenoxy) is 4. The molecular weight excluding hydrogens is 552 g/mol. The van der Waals surface area contributed by atoms with E-state index in [1.807, 2.05) is 60.7 Å². The molecule has 0 bridgehead atoms. The third-order valence-electron chi connectivity index (χ3n) is 7.36. The van der Waals surface area contributed by atoms with E-state index < -0.39 is 5.97 Å². The number of aromatic nitrogens is 4. The number of hydrogen-bond acceptors (Lipinski definition) is 10. The van der Waals surface area contributed by atoms with Crippen LogP contribution in [0.4, 0.5) is 17.2 Å². The number of carbonyl (C=O) groups is 1. The number of rotatable bonds is 8. The van der Waals surface area contributed by atoms with E-state index in [9.17, 15) is 9.90 Å². The predicted molar refractivity (Wildman–Crippen MR) is 157 cm³/mol. The van der Waals surface area contributed by atoms with Gasteiger partial charge in [-0.05, 0) is 35.9 Å². The smallest absolute Gasteiger partial charge is 0.356 e. The Hall–Kier alpha value is -5.20. The first-order chi connectivity index (χ1) is 21.1. The molecule has 43 heavy (non-hydrogen) atoms. The lowest BCUT2D eigenvalue weighted by atomic mass is 10.1. The van der Waals surface area contributed by atoms with E-state index in [0.717, 1.165) is 33.8 Å². The van der Waals surface area contributed by atoms with Crippen LogP contribution in [-0.4, -0.2) is 64.1 Å². The zero-order valence-electron chi connectivity index (χ0n) is 23.3. The molecule has 0 unspecified atom stereocenters. The van der Waals surface area contributed by atoms with Crippen LogP contribution in [0.5, 0.6) is 11.5 Å². The predicted octanol–water partition coefficient (Wildman–Crippen LogP) is 4.69. The molecule has 0 radical (unpaired) electrons. The molecule has 3 aromatic heterocycles. The van der Waals surface area contributed by atoms with E-state index in [1.54, 1.807) is 13.3 Å².